The summed E-state index contributed by atoms with van der Waals surface area (Å²) >= 11 is 0. The molecule has 0 aliphatic carbocycles. The zero-order valence-corrected chi connectivity index (χ0v) is 7.64. The molecule has 0 fully saturated rings. The average molecular weight is 144 g/mol. The van der Waals surface area contributed by atoms with Crippen molar-refractivity contribution in [2.45, 2.75) is 46.2 Å². The lowest BCUT2D eigenvalue weighted by molar-refractivity contribution is -0.0267. The maximum Gasteiger partial charge on any atom is 0.136 e. The third-order valence-corrected chi connectivity index (χ3v) is 1.62. The minimum atomic E-state index is -0.110. The van der Waals surface area contributed by atoms with Crippen molar-refractivity contribution >= 4 is 0 Å². The maximum absolute atomic E-state index is 10.6. The predicted octanol–water partition coefficient (Wildman–Crippen LogP) is 1.88. The van der Waals surface area contributed by atoms with Crippen LogP contribution in [-0.4, -0.2) is 23.2 Å². The summed E-state index contributed by atoms with van der Waals surface area (Å²) in [6.45, 7) is 10.2. The van der Waals surface area contributed by atoms with Crippen molar-refractivity contribution in [1.82, 2.24) is 4.90 Å². The first-order valence-corrected chi connectivity index (χ1v) is 3.74. The third-order valence-electron chi connectivity index (χ3n) is 1.62. The molecule has 0 unspecified atom stereocenters. The molecule has 0 saturated carbocycles. The van der Waals surface area contributed by atoms with Crippen LogP contribution in [0, 0.1) is 0 Å². The summed E-state index contributed by atoms with van der Waals surface area (Å²) in [6, 6.07) is 0.345. The fourth-order valence-corrected chi connectivity index (χ4v) is 1.12. The molecule has 0 heterocycles. The summed E-state index contributed by atoms with van der Waals surface area (Å²) in [5.74, 6) is 0. The summed E-state index contributed by atoms with van der Waals surface area (Å²) in [5, 5.41) is 10.6. The molecule has 10 heavy (non-hydrogen) atoms. The van der Waals surface area contributed by atoms with Gasteiger partial charge in [0.1, 0.15) is 6.73 Å². The van der Waals surface area contributed by atoms with E-state index in [4.69, 9.17) is 0 Å². The highest BCUT2D eigenvalue weighted by atomic mass is 16.3. The second-order valence-electron chi connectivity index (χ2n) is 3.86. The highest BCUT2D eigenvalue weighted by Crippen LogP contribution is 2.15. The van der Waals surface area contributed by atoms with E-state index in [9.17, 15) is 5.11 Å². The van der Waals surface area contributed by atoms with Crippen molar-refractivity contribution < 1.29 is 5.11 Å². The second kappa shape index (κ2) is 3.35. The molecule has 0 N–H and O–H groups in total. The van der Waals surface area contributed by atoms with E-state index in [1.165, 1.54) is 0 Å². The lowest BCUT2D eigenvalue weighted by atomic mass is 10.1. The van der Waals surface area contributed by atoms with Crippen LogP contribution in [0.5, 0.6) is 0 Å². The molecular formula is C8H18NO. The van der Waals surface area contributed by atoms with Gasteiger partial charge in [-0.3, -0.25) is 4.90 Å². The Morgan fingerprint density at radius 2 is 1.70 bits per heavy atom. The number of nitrogens with zero attached hydrogens (tertiary/aromatic N) is 1. The van der Waals surface area contributed by atoms with Crippen LogP contribution in [0.4, 0.5) is 0 Å². The van der Waals surface area contributed by atoms with Gasteiger partial charge in [-0.1, -0.05) is 0 Å². The molecule has 0 amide bonds. The Labute approximate surface area is 63.8 Å². The van der Waals surface area contributed by atoms with Crippen molar-refractivity contribution in [3.8, 4) is 0 Å². The molecule has 1 radical (unpaired) electrons. The molecule has 0 rings (SSSR count). The van der Waals surface area contributed by atoms with E-state index < -0.39 is 0 Å². The van der Waals surface area contributed by atoms with Gasteiger partial charge in [-0.05, 0) is 34.6 Å². The van der Waals surface area contributed by atoms with Gasteiger partial charge in [0.25, 0.3) is 0 Å². The average Bonchev–Trinajstić information content (AvgIpc) is 1.60. The molecule has 0 saturated heterocycles. The minimum Gasteiger partial charge on any atom is -0.271 e. The van der Waals surface area contributed by atoms with Crippen LogP contribution in [0.1, 0.15) is 34.6 Å². The summed E-state index contributed by atoms with van der Waals surface area (Å²) in [4.78, 5) is 1.92. The molecule has 61 valence electrons. The minimum absolute atomic E-state index is 0.00984. The van der Waals surface area contributed by atoms with Gasteiger partial charge in [0.2, 0.25) is 0 Å². The van der Waals surface area contributed by atoms with E-state index in [0.717, 1.165) is 0 Å². The standard InChI is InChI=1S/C8H18NO/c1-7(2)9(6-10)8(3,4)5/h7H,6H2,1-5H3. The summed E-state index contributed by atoms with van der Waals surface area (Å²) in [7, 11) is 0. The first-order chi connectivity index (χ1) is 4.39. The fraction of sp³-hybridized carbons (Fsp3) is 1.00. The van der Waals surface area contributed by atoms with Crippen LogP contribution < -0.4 is 0 Å². The van der Waals surface area contributed by atoms with Crippen LogP contribution in [0.2, 0.25) is 0 Å². The van der Waals surface area contributed by atoms with Crippen molar-refractivity contribution in [3.05, 3.63) is 0 Å². The van der Waals surface area contributed by atoms with Crippen molar-refractivity contribution in [1.29, 1.82) is 0 Å². The zero-order valence-electron chi connectivity index (χ0n) is 7.64. The summed E-state index contributed by atoms with van der Waals surface area (Å²) in [5.41, 5.74) is 0.00984. The van der Waals surface area contributed by atoms with E-state index in [0.29, 0.717) is 6.04 Å². The Balaban J connectivity index is 4.07. The molecular weight excluding hydrogens is 126 g/mol. The first-order valence-electron chi connectivity index (χ1n) is 3.74. The van der Waals surface area contributed by atoms with Gasteiger partial charge in [0.05, 0.1) is 0 Å². The Morgan fingerprint density at radius 1 is 1.30 bits per heavy atom. The number of hydrogen-bond donors (Lipinski definition) is 0. The van der Waals surface area contributed by atoms with Crippen LogP contribution >= 0.6 is 0 Å². The Bertz CT molecular complexity index is 93.9. The van der Waals surface area contributed by atoms with E-state index in [2.05, 4.69) is 20.8 Å². The van der Waals surface area contributed by atoms with Gasteiger partial charge in [-0.15, -0.1) is 0 Å². The molecule has 0 aliphatic heterocycles. The number of hydrogen-bond acceptors (Lipinski definition) is 1. The summed E-state index contributed by atoms with van der Waals surface area (Å²) in [6.07, 6.45) is 0. The SMILES string of the molecule is CC(C)N(C[O])C(C)(C)C. The molecule has 0 atom stereocenters. The molecule has 2 nitrogen and oxygen atoms in total. The van der Waals surface area contributed by atoms with Crippen molar-refractivity contribution in [3.63, 3.8) is 0 Å². The molecule has 0 aliphatic rings. The lowest BCUT2D eigenvalue weighted by Gasteiger charge is -2.36. The molecule has 2 heteroatoms. The second-order valence-corrected chi connectivity index (χ2v) is 3.86. The normalized spacial score (nSPS) is 13.2. The van der Waals surface area contributed by atoms with Gasteiger partial charge in [0, 0.05) is 11.6 Å². The topological polar surface area (TPSA) is 23.1 Å². The largest absolute Gasteiger partial charge is 0.271 e. The Hall–Kier alpha value is -0.0800. The fourth-order valence-electron chi connectivity index (χ4n) is 1.12. The smallest absolute Gasteiger partial charge is 0.136 e. The molecule has 0 spiro atoms. The maximum atomic E-state index is 10.6. The molecule has 0 aromatic rings. The lowest BCUT2D eigenvalue weighted by Crippen LogP contribution is -2.45. The van der Waals surface area contributed by atoms with Gasteiger partial charge in [-0.25, -0.2) is 5.11 Å². The highest BCUT2D eigenvalue weighted by Gasteiger charge is 2.22. The predicted molar refractivity (Wildman–Crippen MR) is 42.3 cm³/mol. The van der Waals surface area contributed by atoms with E-state index in [1.54, 1.807) is 0 Å². The van der Waals surface area contributed by atoms with E-state index >= 15 is 0 Å². The first kappa shape index (κ1) is 9.92. The van der Waals surface area contributed by atoms with Crippen molar-refractivity contribution in [2.75, 3.05) is 6.73 Å². The Kier molecular flexibility index (Phi) is 3.33. The van der Waals surface area contributed by atoms with Crippen LogP contribution in [0.3, 0.4) is 0 Å². The molecule has 0 aromatic heterocycles. The van der Waals surface area contributed by atoms with Crippen molar-refractivity contribution in [2.24, 2.45) is 0 Å². The van der Waals surface area contributed by atoms with Crippen LogP contribution in [0.25, 0.3) is 0 Å². The van der Waals surface area contributed by atoms with E-state index in [-0.39, 0.29) is 12.3 Å². The quantitative estimate of drug-likeness (QED) is 0.543. The monoisotopic (exact) mass is 144 g/mol. The molecule has 0 aromatic carbocycles. The van der Waals surface area contributed by atoms with Gasteiger partial charge in [-0.2, -0.15) is 0 Å². The number of rotatable bonds is 2. The van der Waals surface area contributed by atoms with Crippen LogP contribution in [-0.2, 0) is 5.11 Å². The van der Waals surface area contributed by atoms with Gasteiger partial charge < -0.3 is 0 Å². The zero-order chi connectivity index (χ0) is 8.36. The van der Waals surface area contributed by atoms with Gasteiger partial charge in [0.15, 0.2) is 0 Å². The van der Waals surface area contributed by atoms with Gasteiger partial charge >= 0.3 is 0 Å². The Morgan fingerprint density at radius 3 is 1.70 bits per heavy atom. The third kappa shape index (κ3) is 2.67. The van der Waals surface area contributed by atoms with Crippen LogP contribution in [0.15, 0.2) is 0 Å². The highest BCUT2D eigenvalue weighted by molar-refractivity contribution is 4.76. The van der Waals surface area contributed by atoms with E-state index in [1.807, 2.05) is 18.7 Å². The molecule has 0 bridgehead atoms. The summed E-state index contributed by atoms with van der Waals surface area (Å²) < 4.78 is 0.